The second-order valence-corrected chi connectivity index (χ2v) is 4.97. The molecule has 0 bridgehead atoms. The van der Waals surface area contributed by atoms with Crippen LogP contribution in [0.1, 0.15) is 32.8 Å². The second-order valence-electron chi connectivity index (χ2n) is 4.97. The summed E-state index contributed by atoms with van der Waals surface area (Å²) in [5.41, 5.74) is 6.73. The van der Waals surface area contributed by atoms with E-state index in [1.54, 1.807) is 6.92 Å². The highest BCUT2D eigenvalue weighted by Gasteiger charge is 2.31. The average molecular weight is 251 g/mol. The highest BCUT2D eigenvalue weighted by molar-refractivity contribution is 5.17. The van der Waals surface area contributed by atoms with Crippen LogP contribution in [0.2, 0.25) is 0 Å². The SMILES string of the molecule is CCC(CN)(Cc1ccccc1)OC(C)C(C)O. The Kier molecular flexibility index (Phi) is 5.79. The van der Waals surface area contributed by atoms with Gasteiger partial charge in [-0.1, -0.05) is 37.3 Å². The number of ether oxygens (including phenoxy) is 1. The van der Waals surface area contributed by atoms with Gasteiger partial charge in [-0.25, -0.2) is 0 Å². The Balaban J connectivity index is 2.80. The smallest absolute Gasteiger partial charge is 0.0846 e. The van der Waals surface area contributed by atoms with Crippen molar-refractivity contribution < 1.29 is 9.84 Å². The van der Waals surface area contributed by atoms with Crippen LogP contribution in [0, 0.1) is 0 Å². The summed E-state index contributed by atoms with van der Waals surface area (Å²) >= 11 is 0. The van der Waals surface area contributed by atoms with Crippen LogP contribution in [0.3, 0.4) is 0 Å². The molecule has 1 rings (SSSR count). The summed E-state index contributed by atoms with van der Waals surface area (Å²) in [5.74, 6) is 0. The van der Waals surface area contributed by atoms with Crippen LogP contribution in [0.25, 0.3) is 0 Å². The maximum atomic E-state index is 9.58. The Morgan fingerprint density at radius 2 is 1.89 bits per heavy atom. The highest BCUT2D eigenvalue weighted by Crippen LogP contribution is 2.23. The Labute approximate surface area is 110 Å². The molecule has 3 atom stereocenters. The first-order chi connectivity index (χ1) is 8.53. The first-order valence-corrected chi connectivity index (χ1v) is 6.63. The summed E-state index contributed by atoms with van der Waals surface area (Å²) in [6, 6.07) is 10.2. The topological polar surface area (TPSA) is 55.5 Å². The minimum Gasteiger partial charge on any atom is -0.391 e. The lowest BCUT2D eigenvalue weighted by Gasteiger charge is -2.35. The number of benzene rings is 1. The van der Waals surface area contributed by atoms with Crippen LogP contribution in [-0.2, 0) is 11.2 Å². The molecule has 0 fully saturated rings. The monoisotopic (exact) mass is 251 g/mol. The summed E-state index contributed by atoms with van der Waals surface area (Å²) in [6.07, 6.45) is 0.906. The van der Waals surface area contributed by atoms with E-state index in [-0.39, 0.29) is 6.10 Å². The summed E-state index contributed by atoms with van der Waals surface area (Å²) < 4.78 is 6.03. The zero-order valence-corrected chi connectivity index (χ0v) is 11.6. The summed E-state index contributed by atoms with van der Waals surface area (Å²) in [4.78, 5) is 0. The minimum atomic E-state index is -0.488. The molecule has 3 heteroatoms. The van der Waals surface area contributed by atoms with E-state index in [1.807, 2.05) is 25.1 Å². The molecule has 0 saturated carbocycles. The van der Waals surface area contributed by atoms with Gasteiger partial charge in [-0.15, -0.1) is 0 Å². The molecule has 0 radical (unpaired) electrons. The van der Waals surface area contributed by atoms with Crippen molar-refractivity contribution in [1.82, 2.24) is 0 Å². The molecule has 0 aromatic heterocycles. The lowest BCUT2D eigenvalue weighted by Crippen LogP contribution is -2.46. The molecular weight excluding hydrogens is 226 g/mol. The largest absolute Gasteiger partial charge is 0.391 e. The van der Waals surface area contributed by atoms with Crippen LogP contribution in [0.4, 0.5) is 0 Å². The van der Waals surface area contributed by atoms with E-state index in [0.717, 1.165) is 12.8 Å². The molecule has 0 aliphatic heterocycles. The maximum Gasteiger partial charge on any atom is 0.0846 e. The molecule has 102 valence electrons. The molecule has 1 aromatic carbocycles. The summed E-state index contributed by atoms with van der Waals surface area (Å²) in [5, 5.41) is 9.58. The summed E-state index contributed by atoms with van der Waals surface area (Å²) in [7, 11) is 0. The molecule has 0 aliphatic carbocycles. The molecule has 0 aliphatic rings. The minimum absolute atomic E-state index is 0.211. The zero-order valence-electron chi connectivity index (χ0n) is 11.6. The van der Waals surface area contributed by atoms with Gasteiger partial charge in [-0.05, 0) is 25.8 Å². The van der Waals surface area contributed by atoms with Crippen LogP contribution in [0.15, 0.2) is 30.3 Å². The van der Waals surface area contributed by atoms with E-state index >= 15 is 0 Å². The second kappa shape index (κ2) is 6.88. The maximum absolute atomic E-state index is 9.58. The van der Waals surface area contributed by atoms with Gasteiger partial charge in [0.05, 0.1) is 17.8 Å². The molecule has 1 aromatic rings. The van der Waals surface area contributed by atoms with Crippen LogP contribution in [-0.4, -0.2) is 29.5 Å². The first kappa shape index (κ1) is 15.2. The van der Waals surface area contributed by atoms with E-state index in [2.05, 4.69) is 19.1 Å². The predicted molar refractivity (Wildman–Crippen MR) is 74.5 cm³/mol. The van der Waals surface area contributed by atoms with Crippen LogP contribution in [0.5, 0.6) is 0 Å². The van der Waals surface area contributed by atoms with Gasteiger partial charge in [0, 0.05) is 13.0 Å². The lowest BCUT2D eigenvalue weighted by molar-refractivity contribution is -0.120. The van der Waals surface area contributed by atoms with Gasteiger partial charge >= 0.3 is 0 Å². The van der Waals surface area contributed by atoms with Crippen molar-refractivity contribution in [3.63, 3.8) is 0 Å². The Hall–Kier alpha value is -0.900. The number of aliphatic hydroxyl groups excluding tert-OH is 1. The fourth-order valence-electron chi connectivity index (χ4n) is 1.98. The van der Waals surface area contributed by atoms with Crippen molar-refractivity contribution in [1.29, 1.82) is 0 Å². The molecule has 0 amide bonds. The van der Waals surface area contributed by atoms with Crippen LogP contribution < -0.4 is 5.73 Å². The number of rotatable bonds is 7. The fourth-order valence-corrected chi connectivity index (χ4v) is 1.98. The van der Waals surface area contributed by atoms with Gasteiger partial charge in [-0.3, -0.25) is 0 Å². The molecule has 0 spiro atoms. The molecule has 3 N–H and O–H groups in total. The third-order valence-electron chi connectivity index (χ3n) is 3.50. The molecule has 18 heavy (non-hydrogen) atoms. The third kappa shape index (κ3) is 4.09. The van der Waals surface area contributed by atoms with Gasteiger partial charge in [0.1, 0.15) is 0 Å². The van der Waals surface area contributed by atoms with Gasteiger partial charge < -0.3 is 15.6 Å². The van der Waals surface area contributed by atoms with Crippen molar-refractivity contribution in [3.8, 4) is 0 Å². The van der Waals surface area contributed by atoms with Crippen molar-refractivity contribution in [2.24, 2.45) is 5.73 Å². The van der Waals surface area contributed by atoms with Crippen molar-refractivity contribution in [2.75, 3.05) is 6.54 Å². The number of hydrogen-bond donors (Lipinski definition) is 2. The molecule has 0 saturated heterocycles. The van der Waals surface area contributed by atoms with Gasteiger partial charge in [0.25, 0.3) is 0 Å². The van der Waals surface area contributed by atoms with Gasteiger partial charge in [-0.2, -0.15) is 0 Å². The molecule has 0 heterocycles. The number of hydrogen-bond acceptors (Lipinski definition) is 3. The predicted octanol–water partition coefficient (Wildman–Crippen LogP) is 2.12. The van der Waals surface area contributed by atoms with E-state index in [9.17, 15) is 5.11 Å². The van der Waals surface area contributed by atoms with Crippen molar-refractivity contribution in [2.45, 2.75) is 51.4 Å². The fraction of sp³-hybridized carbons (Fsp3) is 0.600. The lowest BCUT2D eigenvalue weighted by atomic mass is 9.91. The number of aliphatic hydroxyl groups is 1. The standard InChI is InChI=1S/C15H25NO2/c1-4-15(11-16,18-13(3)12(2)17)10-14-8-6-5-7-9-14/h5-9,12-13,17H,4,10-11,16H2,1-3H3. The Morgan fingerprint density at radius 1 is 1.28 bits per heavy atom. The first-order valence-electron chi connectivity index (χ1n) is 6.63. The number of nitrogens with two attached hydrogens (primary N) is 1. The average Bonchev–Trinajstić information content (AvgIpc) is 2.38. The molecular formula is C15H25NO2. The third-order valence-corrected chi connectivity index (χ3v) is 3.50. The quantitative estimate of drug-likeness (QED) is 0.780. The molecule has 3 nitrogen and oxygen atoms in total. The van der Waals surface area contributed by atoms with E-state index in [1.165, 1.54) is 5.56 Å². The van der Waals surface area contributed by atoms with Crippen molar-refractivity contribution >= 4 is 0 Å². The van der Waals surface area contributed by atoms with E-state index in [4.69, 9.17) is 10.5 Å². The molecule has 3 unspecified atom stereocenters. The van der Waals surface area contributed by atoms with Gasteiger partial charge in [0.15, 0.2) is 0 Å². The van der Waals surface area contributed by atoms with Gasteiger partial charge in [0.2, 0.25) is 0 Å². The van der Waals surface area contributed by atoms with Crippen molar-refractivity contribution in [3.05, 3.63) is 35.9 Å². The zero-order chi connectivity index (χ0) is 13.6. The van der Waals surface area contributed by atoms with E-state index < -0.39 is 11.7 Å². The summed E-state index contributed by atoms with van der Waals surface area (Å²) in [6.45, 7) is 6.15. The highest BCUT2D eigenvalue weighted by atomic mass is 16.5. The van der Waals surface area contributed by atoms with E-state index in [0.29, 0.717) is 6.54 Å². The normalized spacial score (nSPS) is 18.1. The van der Waals surface area contributed by atoms with Crippen LogP contribution >= 0.6 is 0 Å². The Bertz CT molecular complexity index is 334. The Morgan fingerprint density at radius 3 is 2.33 bits per heavy atom.